The lowest BCUT2D eigenvalue weighted by Gasteiger charge is -2.29. The first kappa shape index (κ1) is 35.2. The first-order valence-electron chi connectivity index (χ1n) is 17.8. The molecule has 0 saturated carbocycles. The standard InChI is InChI=1S/C42H37N7O6/c1-52-38-20-29-16-19-48(25-30(29)21-39(38)53-2)18-15-27-9-11-31(12-10-27)49-46-41(45-47-49)34-22-32(54-26-28-6-5-17-43-24-28)13-14-35(34)44-42(51)40-23-36(50)33-7-3-4-8-37(33)55-40/h3-14,17,20-24H,15-16,18-19,25-26H2,1-2H3,(H,44,51). The van der Waals surface area contributed by atoms with Gasteiger partial charge in [-0.25, -0.2) is 0 Å². The smallest absolute Gasteiger partial charge is 0.291 e. The van der Waals surface area contributed by atoms with Crippen LogP contribution in [0.25, 0.3) is 28.0 Å². The fourth-order valence-corrected chi connectivity index (χ4v) is 6.60. The van der Waals surface area contributed by atoms with Gasteiger partial charge in [0.25, 0.3) is 5.91 Å². The highest BCUT2D eigenvalue weighted by molar-refractivity contribution is 6.05. The number of tetrazole rings is 1. The first-order valence-corrected chi connectivity index (χ1v) is 17.8. The Hall–Kier alpha value is -6.86. The van der Waals surface area contributed by atoms with Crippen LogP contribution in [0.2, 0.25) is 0 Å². The number of para-hydroxylation sites is 1. The predicted octanol–water partition coefficient (Wildman–Crippen LogP) is 6.28. The Balaban J connectivity index is 0.991. The highest BCUT2D eigenvalue weighted by Gasteiger charge is 2.21. The Labute approximate surface area is 316 Å². The van der Waals surface area contributed by atoms with Gasteiger partial charge in [0.05, 0.1) is 36.5 Å². The minimum Gasteiger partial charge on any atom is -0.493 e. The molecule has 55 heavy (non-hydrogen) atoms. The van der Waals surface area contributed by atoms with Crippen molar-refractivity contribution >= 4 is 22.6 Å². The molecule has 4 heterocycles. The Bertz CT molecular complexity index is 2540. The maximum Gasteiger partial charge on any atom is 0.291 e. The molecule has 13 heteroatoms. The van der Waals surface area contributed by atoms with Gasteiger partial charge in [0.2, 0.25) is 5.82 Å². The summed E-state index contributed by atoms with van der Waals surface area (Å²) in [4.78, 5) is 34.2. The lowest BCUT2D eigenvalue weighted by atomic mass is 9.98. The highest BCUT2D eigenvalue weighted by atomic mass is 16.5. The third-order valence-electron chi connectivity index (χ3n) is 9.56. The summed E-state index contributed by atoms with van der Waals surface area (Å²) in [5, 5.41) is 16.6. The zero-order chi connectivity index (χ0) is 37.7. The van der Waals surface area contributed by atoms with E-state index in [0.29, 0.717) is 28.0 Å². The maximum absolute atomic E-state index is 13.5. The van der Waals surface area contributed by atoms with E-state index in [1.165, 1.54) is 27.6 Å². The normalized spacial score (nSPS) is 12.6. The second-order valence-electron chi connectivity index (χ2n) is 13.1. The molecule has 8 rings (SSSR count). The van der Waals surface area contributed by atoms with E-state index in [1.807, 2.05) is 24.3 Å². The van der Waals surface area contributed by atoms with Crippen LogP contribution in [0.3, 0.4) is 0 Å². The molecule has 0 spiro atoms. The predicted molar refractivity (Wildman–Crippen MR) is 206 cm³/mol. The number of amides is 1. The number of carbonyl (C=O) groups excluding carboxylic acids is 1. The summed E-state index contributed by atoms with van der Waals surface area (Å²) in [6.07, 6.45) is 5.27. The van der Waals surface area contributed by atoms with Gasteiger partial charge in [-0.15, -0.1) is 15.0 Å². The molecule has 3 aromatic heterocycles. The summed E-state index contributed by atoms with van der Waals surface area (Å²) in [5.41, 5.74) is 6.20. The number of fused-ring (bicyclic) bond motifs is 2. The van der Waals surface area contributed by atoms with E-state index in [-0.39, 0.29) is 23.6 Å². The third kappa shape index (κ3) is 7.78. The molecule has 0 atom stereocenters. The molecule has 0 saturated heterocycles. The van der Waals surface area contributed by atoms with Gasteiger partial charge in [0.15, 0.2) is 22.7 Å². The Morgan fingerprint density at radius 1 is 0.891 bits per heavy atom. The van der Waals surface area contributed by atoms with Gasteiger partial charge in [-0.1, -0.05) is 30.3 Å². The number of methoxy groups -OCH3 is 2. The molecule has 276 valence electrons. The monoisotopic (exact) mass is 735 g/mol. The third-order valence-corrected chi connectivity index (χ3v) is 9.56. The van der Waals surface area contributed by atoms with Crippen molar-refractivity contribution in [2.75, 3.05) is 32.6 Å². The van der Waals surface area contributed by atoms with E-state index in [4.69, 9.17) is 18.6 Å². The number of pyridine rings is 1. The topological polar surface area (TPSA) is 147 Å². The van der Waals surface area contributed by atoms with Crippen LogP contribution in [0.5, 0.6) is 17.2 Å². The van der Waals surface area contributed by atoms with Gasteiger partial charge in [0, 0.05) is 43.7 Å². The number of aromatic nitrogens is 5. The number of rotatable bonds is 12. The van der Waals surface area contributed by atoms with Gasteiger partial charge in [-0.3, -0.25) is 19.5 Å². The number of ether oxygens (including phenoxy) is 3. The molecule has 0 fully saturated rings. The second kappa shape index (κ2) is 15.6. The second-order valence-corrected chi connectivity index (χ2v) is 13.1. The Morgan fingerprint density at radius 2 is 1.71 bits per heavy atom. The number of carbonyl (C=O) groups is 1. The number of nitrogens with zero attached hydrogens (tertiary/aromatic N) is 6. The summed E-state index contributed by atoms with van der Waals surface area (Å²) in [6, 6.07) is 29.1. The van der Waals surface area contributed by atoms with Crippen molar-refractivity contribution in [3.63, 3.8) is 0 Å². The molecule has 0 bridgehead atoms. The number of hydrogen-bond donors (Lipinski definition) is 1. The molecular formula is C42H37N7O6. The average molecular weight is 736 g/mol. The minimum atomic E-state index is -0.607. The number of anilines is 1. The number of benzene rings is 4. The quantitative estimate of drug-likeness (QED) is 0.151. The summed E-state index contributed by atoms with van der Waals surface area (Å²) in [7, 11) is 3.33. The van der Waals surface area contributed by atoms with Crippen molar-refractivity contribution in [1.82, 2.24) is 30.1 Å². The fraction of sp³-hybridized carbons (Fsp3) is 0.190. The van der Waals surface area contributed by atoms with Crippen LogP contribution < -0.4 is 25.0 Å². The van der Waals surface area contributed by atoms with E-state index in [1.54, 1.807) is 69.1 Å². The molecule has 7 aromatic rings. The van der Waals surface area contributed by atoms with E-state index in [9.17, 15) is 9.59 Å². The van der Waals surface area contributed by atoms with Crippen molar-refractivity contribution in [3.05, 3.63) is 148 Å². The first-order chi connectivity index (χ1) is 26.9. The fourth-order valence-electron chi connectivity index (χ4n) is 6.60. The largest absolute Gasteiger partial charge is 0.493 e. The molecule has 0 radical (unpaired) electrons. The Morgan fingerprint density at radius 3 is 2.51 bits per heavy atom. The van der Waals surface area contributed by atoms with E-state index < -0.39 is 5.91 Å². The van der Waals surface area contributed by atoms with Crippen LogP contribution in [0.15, 0.2) is 119 Å². The van der Waals surface area contributed by atoms with Crippen LogP contribution >= 0.6 is 0 Å². The van der Waals surface area contributed by atoms with Crippen LogP contribution in [0, 0.1) is 0 Å². The number of hydrogen-bond acceptors (Lipinski definition) is 11. The van der Waals surface area contributed by atoms with Gasteiger partial charge in [0.1, 0.15) is 17.9 Å². The molecule has 1 amide bonds. The molecule has 13 nitrogen and oxygen atoms in total. The van der Waals surface area contributed by atoms with Crippen LogP contribution in [0.1, 0.15) is 32.8 Å². The average Bonchev–Trinajstić information content (AvgIpc) is 3.73. The van der Waals surface area contributed by atoms with Crippen LogP contribution in [-0.2, 0) is 26.0 Å². The van der Waals surface area contributed by atoms with E-state index in [0.717, 1.165) is 55.2 Å². The molecule has 0 unspecified atom stereocenters. The molecule has 0 aliphatic carbocycles. The van der Waals surface area contributed by atoms with Gasteiger partial charge in [-0.2, -0.15) is 0 Å². The summed E-state index contributed by atoms with van der Waals surface area (Å²) < 4.78 is 22.9. The molecule has 1 aliphatic rings. The summed E-state index contributed by atoms with van der Waals surface area (Å²) >= 11 is 0. The van der Waals surface area contributed by atoms with Crippen molar-refractivity contribution in [3.8, 4) is 34.3 Å². The zero-order valence-electron chi connectivity index (χ0n) is 30.3. The molecule has 1 aliphatic heterocycles. The van der Waals surface area contributed by atoms with Gasteiger partial charge < -0.3 is 23.9 Å². The van der Waals surface area contributed by atoms with E-state index >= 15 is 0 Å². The van der Waals surface area contributed by atoms with Crippen molar-refractivity contribution in [2.24, 2.45) is 0 Å². The highest BCUT2D eigenvalue weighted by Crippen LogP contribution is 2.34. The maximum atomic E-state index is 13.5. The van der Waals surface area contributed by atoms with Gasteiger partial charge >= 0.3 is 0 Å². The number of nitrogens with one attached hydrogen (secondary N) is 1. The molecule has 1 N–H and O–H groups in total. The summed E-state index contributed by atoms with van der Waals surface area (Å²) in [6.45, 7) is 3.02. The lowest BCUT2D eigenvalue weighted by Crippen LogP contribution is -2.32. The van der Waals surface area contributed by atoms with Crippen LogP contribution in [-0.4, -0.2) is 63.3 Å². The summed E-state index contributed by atoms with van der Waals surface area (Å²) in [5.74, 6) is 1.56. The van der Waals surface area contributed by atoms with Crippen LogP contribution in [0.4, 0.5) is 5.69 Å². The van der Waals surface area contributed by atoms with Crippen molar-refractivity contribution in [1.29, 1.82) is 0 Å². The zero-order valence-corrected chi connectivity index (χ0v) is 30.3. The Kier molecular flexibility index (Phi) is 10.00. The molecular weight excluding hydrogens is 699 g/mol. The molecule has 4 aromatic carbocycles. The SMILES string of the molecule is COc1cc2c(cc1OC)CN(CCc1ccc(-n3nnc(-c4cc(OCc5cccnc5)ccc4NC(=O)c4cc(=O)c5ccccc5o4)n3)cc1)CC2. The minimum absolute atomic E-state index is 0.130. The van der Waals surface area contributed by atoms with E-state index in [2.05, 4.69) is 54.9 Å². The van der Waals surface area contributed by atoms with Gasteiger partial charge in [-0.05, 0) is 95.4 Å². The van der Waals surface area contributed by atoms with Crippen molar-refractivity contribution < 1.29 is 23.4 Å². The van der Waals surface area contributed by atoms with Crippen molar-refractivity contribution in [2.45, 2.75) is 26.0 Å². The lowest BCUT2D eigenvalue weighted by molar-refractivity contribution is 0.0997.